The summed E-state index contributed by atoms with van der Waals surface area (Å²) < 4.78 is 0. The smallest absolute Gasteiger partial charge is 0.0237 e. The molecule has 1 aromatic rings. The van der Waals surface area contributed by atoms with E-state index in [1.807, 2.05) is 0 Å². The highest BCUT2D eigenvalue weighted by Gasteiger charge is 2.13. The lowest BCUT2D eigenvalue weighted by molar-refractivity contribution is 0.268. The molecule has 1 aromatic carbocycles. The lowest BCUT2D eigenvalue weighted by Gasteiger charge is -2.22. The third kappa shape index (κ3) is 4.89. The molecule has 1 saturated heterocycles. The van der Waals surface area contributed by atoms with Gasteiger partial charge in [-0.1, -0.05) is 31.2 Å². The van der Waals surface area contributed by atoms with E-state index in [2.05, 4.69) is 53.4 Å². The van der Waals surface area contributed by atoms with Crippen LogP contribution in [-0.4, -0.2) is 56.1 Å². The third-order valence-electron chi connectivity index (χ3n) is 4.15. The maximum absolute atomic E-state index is 3.42. The Kier molecular flexibility index (Phi) is 6.51. The van der Waals surface area contributed by atoms with Crippen LogP contribution in [0.4, 0.5) is 0 Å². The van der Waals surface area contributed by atoms with E-state index in [1.54, 1.807) is 0 Å². The number of nitrogens with zero attached hydrogens (tertiary/aromatic N) is 2. The summed E-state index contributed by atoms with van der Waals surface area (Å²) in [7, 11) is 2.23. The van der Waals surface area contributed by atoms with Gasteiger partial charge in [-0.2, -0.15) is 0 Å². The first-order chi connectivity index (χ1) is 9.79. The zero-order valence-electron chi connectivity index (χ0n) is 13.1. The molecule has 0 unspecified atom stereocenters. The highest BCUT2D eigenvalue weighted by atomic mass is 15.2. The van der Waals surface area contributed by atoms with Crippen LogP contribution in [0.3, 0.4) is 0 Å². The fraction of sp³-hybridized carbons (Fsp3) is 0.647. The third-order valence-corrected chi connectivity index (χ3v) is 4.15. The summed E-state index contributed by atoms with van der Waals surface area (Å²) in [5, 5.41) is 3.42. The summed E-state index contributed by atoms with van der Waals surface area (Å²) in [5.41, 5.74) is 3.01. The van der Waals surface area contributed by atoms with Gasteiger partial charge in [0.1, 0.15) is 0 Å². The highest BCUT2D eigenvalue weighted by Crippen LogP contribution is 2.14. The molecule has 0 aliphatic carbocycles. The van der Waals surface area contributed by atoms with E-state index in [1.165, 1.54) is 43.7 Å². The number of benzene rings is 1. The fourth-order valence-electron chi connectivity index (χ4n) is 2.85. The molecular formula is C17H29N3. The van der Waals surface area contributed by atoms with Gasteiger partial charge in [0.05, 0.1) is 0 Å². The summed E-state index contributed by atoms with van der Waals surface area (Å²) in [5.74, 6) is 0. The van der Waals surface area contributed by atoms with Crippen molar-refractivity contribution in [1.82, 2.24) is 15.1 Å². The molecule has 3 nitrogen and oxygen atoms in total. The summed E-state index contributed by atoms with van der Waals surface area (Å²) in [6.45, 7) is 10.3. The first-order valence-electron chi connectivity index (χ1n) is 7.98. The molecule has 1 fully saturated rings. The monoisotopic (exact) mass is 275 g/mol. The van der Waals surface area contributed by atoms with Gasteiger partial charge in [-0.15, -0.1) is 0 Å². The number of hydrogen-bond acceptors (Lipinski definition) is 3. The van der Waals surface area contributed by atoms with Gasteiger partial charge in [0.15, 0.2) is 0 Å². The van der Waals surface area contributed by atoms with Gasteiger partial charge < -0.3 is 10.2 Å². The summed E-state index contributed by atoms with van der Waals surface area (Å²) in [6.07, 6.45) is 2.42. The zero-order valence-corrected chi connectivity index (χ0v) is 13.1. The molecule has 1 N–H and O–H groups in total. The van der Waals surface area contributed by atoms with E-state index in [-0.39, 0.29) is 0 Å². The van der Waals surface area contributed by atoms with Crippen molar-refractivity contribution in [3.05, 3.63) is 35.4 Å². The molecular weight excluding hydrogens is 246 g/mol. The standard InChI is InChI=1S/C17H29N3/c1-3-18-10-9-16-7-4-5-8-17(16)15-20-12-6-11-19(2)13-14-20/h4-5,7-8,18H,3,6,9-15H2,1-2H3. The van der Waals surface area contributed by atoms with E-state index in [0.717, 1.165) is 26.1 Å². The van der Waals surface area contributed by atoms with Crippen molar-refractivity contribution in [2.24, 2.45) is 0 Å². The van der Waals surface area contributed by atoms with Gasteiger partial charge in [0.25, 0.3) is 0 Å². The second-order valence-electron chi connectivity index (χ2n) is 5.81. The number of nitrogens with one attached hydrogen (secondary N) is 1. The first kappa shape index (κ1) is 15.5. The summed E-state index contributed by atoms with van der Waals surface area (Å²) in [6, 6.07) is 8.93. The van der Waals surface area contributed by atoms with Crippen LogP contribution in [0.25, 0.3) is 0 Å². The Morgan fingerprint density at radius 3 is 2.65 bits per heavy atom. The SMILES string of the molecule is CCNCCc1ccccc1CN1CCCN(C)CC1. The van der Waals surface area contributed by atoms with Crippen LogP contribution in [0.1, 0.15) is 24.5 Å². The molecule has 0 aromatic heterocycles. The van der Waals surface area contributed by atoms with Crippen molar-refractivity contribution in [3.63, 3.8) is 0 Å². The molecule has 1 heterocycles. The molecule has 0 radical (unpaired) electrons. The predicted octanol–water partition coefficient (Wildman–Crippen LogP) is 1.98. The first-order valence-corrected chi connectivity index (χ1v) is 7.98. The molecule has 1 aliphatic rings. The Morgan fingerprint density at radius 1 is 1.05 bits per heavy atom. The molecule has 0 spiro atoms. The van der Waals surface area contributed by atoms with Crippen molar-refractivity contribution in [1.29, 1.82) is 0 Å². The second kappa shape index (κ2) is 8.40. The average Bonchev–Trinajstić information content (AvgIpc) is 2.66. The van der Waals surface area contributed by atoms with Gasteiger partial charge in [-0.05, 0) is 57.2 Å². The van der Waals surface area contributed by atoms with Crippen LogP contribution >= 0.6 is 0 Å². The molecule has 20 heavy (non-hydrogen) atoms. The van der Waals surface area contributed by atoms with E-state index < -0.39 is 0 Å². The molecule has 1 aliphatic heterocycles. The van der Waals surface area contributed by atoms with Crippen LogP contribution in [0.15, 0.2) is 24.3 Å². The average molecular weight is 275 g/mol. The number of hydrogen-bond donors (Lipinski definition) is 1. The molecule has 0 amide bonds. The molecule has 0 bridgehead atoms. The minimum atomic E-state index is 1.06. The molecule has 3 heteroatoms. The van der Waals surface area contributed by atoms with Gasteiger partial charge in [0, 0.05) is 19.6 Å². The Labute approximate surface area is 124 Å². The quantitative estimate of drug-likeness (QED) is 0.801. The lowest BCUT2D eigenvalue weighted by Crippen LogP contribution is -2.29. The van der Waals surface area contributed by atoms with Crippen LogP contribution in [0, 0.1) is 0 Å². The largest absolute Gasteiger partial charge is 0.317 e. The Hall–Kier alpha value is -0.900. The Bertz CT molecular complexity index is 392. The zero-order chi connectivity index (χ0) is 14.2. The highest BCUT2D eigenvalue weighted by molar-refractivity contribution is 5.27. The molecule has 2 rings (SSSR count). The van der Waals surface area contributed by atoms with Crippen LogP contribution < -0.4 is 5.32 Å². The topological polar surface area (TPSA) is 18.5 Å². The Balaban J connectivity index is 1.93. The van der Waals surface area contributed by atoms with Crippen LogP contribution in [0.2, 0.25) is 0 Å². The van der Waals surface area contributed by atoms with Crippen molar-refractivity contribution in [3.8, 4) is 0 Å². The minimum absolute atomic E-state index is 1.06. The van der Waals surface area contributed by atoms with Gasteiger partial charge >= 0.3 is 0 Å². The van der Waals surface area contributed by atoms with Crippen molar-refractivity contribution in [2.75, 3.05) is 46.3 Å². The van der Waals surface area contributed by atoms with E-state index in [4.69, 9.17) is 0 Å². The van der Waals surface area contributed by atoms with E-state index in [9.17, 15) is 0 Å². The van der Waals surface area contributed by atoms with Crippen LogP contribution in [-0.2, 0) is 13.0 Å². The van der Waals surface area contributed by atoms with Crippen LogP contribution in [0.5, 0.6) is 0 Å². The van der Waals surface area contributed by atoms with Crippen molar-refractivity contribution in [2.45, 2.75) is 26.3 Å². The number of likely N-dealkylation sites (N-methyl/N-ethyl adjacent to an activating group) is 2. The maximum atomic E-state index is 3.42. The predicted molar refractivity (Wildman–Crippen MR) is 86.1 cm³/mol. The molecule has 112 valence electrons. The second-order valence-corrected chi connectivity index (χ2v) is 5.81. The van der Waals surface area contributed by atoms with Gasteiger partial charge in [-0.3, -0.25) is 4.90 Å². The summed E-state index contributed by atoms with van der Waals surface area (Å²) >= 11 is 0. The summed E-state index contributed by atoms with van der Waals surface area (Å²) in [4.78, 5) is 5.05. The minimum Gasteiger partial charge on any atom is -0.317 e. The lowest BCUT2D eigenvalue weighted by atomic mass is 10.0. The maximum Gasteiger partial charge on any atom is 0.0237 e. The molecule has 0 atom stereocenters. The van der Waals surface area contributed by atoms with Crippen molar-refractivity contribution < 1.29 is 0 Å². The number of rotatable bonds is 6. The molecule has 0 saturated carbocycles. The normalized spacial score (nSPS) is 18.1. The Morgan fingerprint density at radius 2 is 1.85 bits per heavy atom. The van der Waals surface area contributed by atoms with E-state index in [0.29, 0.717) is 0 Å². The fourth-order valence-corrected chi connectivity index (χ4v) is 2.85. The van der Waals surface area contributed by atoms with Gasteiger partial charge in [-0.25, -0.2) is 0 Å². The van der Waals surface area contributed by atoms with Crippen molar-refractivity contribution >= 4 is 0 Å². The van der Waals surface area contributed by atoms with Gasteiger partial charge in [0.2, 0.25) is 0 Å². The van der Waals surface area contributed by atoms with E-state index >= 15 is 0 Å².